The van der Waals surface area contributed by atoms with Crippen molar-refractivity contribution in [1.82, 2.24) is 5.32 Å². The quantitative estimate of drug-likeness (QED) is 0.870. The molecule has 0 aliphatic heterocycles. The van der Waals surface area contributed by atoms with Crippen molar-refractivity contribution in [3.63, 3.8) is 0 Å². The van der Waals surface area contributed by atoms with E-state index in [1.165, 1.54) is 6.07 Å². The molecule has 1 aromatic carbocycles. The van der Waals surface area contributed by atoms with E-state index in [2.05, 4.69) is 10.0 Å². The number of amides is 1. The number of carbonyl (C=O) groups is 1. The largest absolute Gasteiger partial charge is 0.350 e. The van der Waals surface area contributed by atoms with E-state index in [-0.39, 0.29) is 11.9 Å². The van der Waals surface area contributed by atoms with Crippen LogP contribution in [0.4, 0.5) is 5.69 Å². The maximum absolute atomic E-state index is 11.8. The van der Waals surface area contributed by atoms with Crippen LogP contribution < -0.4 is 10.0 Å². The molecule has 0 saturated carbocycles. The average Bonchev–Trinajstić information content (AvgIpc) is 2.18. The van der Waals surface area contributed by atoms with Gasteiger partial charge in [0.05, 0.1) is 11.9 Å². The van der Waals surface area contributed by atoms with Gasteiger partial charge in [-0.3, -0.25) is 9.52 Å². The minimum Gasteiger partial charge on any atom is -0.350 e. The Balaban J connectivity index is 3.04. The van der Waals surface area contributed by atoms with E-state index in [0.717, 1.165) is 11.8 Å². The van der Waals surface area contributed by atoms with Crippen molar-refractivity contribution < 1.29 is 13.2 Å². The minimum absolute atomic E-state index is 0.0325. The van der Waals surface area contributed by atoms with E-state index in [1.807, 2.05) is 13.8 Å². The first-order chi connectivity index (χ1) is 8.19. The summed E-state index contributed by atoms with van der Waals surface area (Å²) < 4.78 is 24.8. The zero-order valence-electron chi connectivity index (χ0n) is 10.9. The Morgan fingerprint density at radius 3 is 2.39 bits per heavy atom. The van der Waals surface area contributed by atoms with Crippen LogP contribution in [-0.2, 0) is 10.0 Å². The highest BCUT2D eigenvalue weighted by Gasteiger charge is 2.11. The second kappa shape index (κ2) is 5.39. The molecule has 0 aromatic heterocycles. The Morgan fingerprint density at radius 1 is 1.28 bits per heavy atom. The number of carbonyl (C=O) groups excluding carboxylic acids is 1. The summed E-state index contributed by atoms with van der Waals surface area (Å²) in [5.74, 6) is -0.221. The third-order valence-electron chi connectivity index (χ3n) is 2.21. The van der Waals surface area contributed by atoms with E-state index >= 15 is 0 Å². The third kappa shape index (κ3) is 4.37. The predicted octanol–water partition coefficient (Wildman–Crippen LogP) is 1.50. The summed E-state index contributed by atoms with van der Waals surface area (Å²) in [6.45, 7) is 5.50. The van der Waals surface area contributed by atoms with Gasteiger partial charge in [0.15, 0.2) is 0 Å². The molecule has 6 heteroatoms. The number of benzene rings is 1. The maximum Gasteiger partial charge on any atom is 0.251 e. The molecule has 0 saturated heterocycles. The fraction of sp³-hybridized carbons (Fsp3) is 0.417. The fourth-order valence-corrected chi connectivity index (χ4v) is 2.04. The molecule has 0 unspecified atom stereocenters. The van der Waals surface area contributed by atoms with E-state index in [9.17, 15) is 13.2 Å². The lowest BCUT2D eigenvalue weighted by molar-refractivity contribution is 0.0943. The highest BCUT2D eigenvalue weighted by molar-refractivity contribution is 7.92. The van der Waals surface area contributed by atoms with Crippen molar-refractivity contribution in [2.75, 3.05) is 11.0 Å². The Morgan fingerprint density at radius 2 is 1.89 bits per heavy atom. The number of nitrogens with one attached hydrogen (secondary N) is 2. The molecule has 2 N–H and O–H groups in total. The molecule has 0 aliphatic carbocycles. The highest BCUT2D eigenvalue weighted by atomic mass is 32.2. The standard InChI is InChI=1S/C12H18N2O3S/c1-8(2)13-12(15)10-6-5-9(3)11(7-10)14-18(4,16)17/h5-8,14H,1-4H3,(H,13,15). The number of rotatable bonds is 4. The molecule has 0 spiro atoms. The average molecular weight is 270 g/mol. The monoisotopic (exact) mass is 270 g/mol. The first-order valence-electron chi connectivity index (χ1n) is 5.58. The van der Waals surface area contributed by atoms with Gasteiger partial charge in [0.25, 0.3) is 5.91 Å². The van der Waals surface area contributed by atoms with Gasteiger partial charge < -0.3 is 5.32 Å². The molecular formula is C12H18N2O3S. The summed E-state index contributed by atoms with van der Waals surface area (Å²) in [6, 6.07) is 4.95. The molecule has 0 aliphatic rings. The topological polar surface area (TPSA) is 75.3 Å². The molecule has 18 heavy (non-hydrogen) atoms. The smallest absolute Gasteiger partial charge is 0.251 e. The van der Waals surface area contributed by atoms with Crippen LogP contribution in [0.1, 0.15) is 29.8 Å². The number of aryl methyl sites for hydroxylation is 1. The Hall–Kier alpha value is -1.56. The zero-order valence-corrected chi connectivity index (χ0v) is 11.8. The van der Waals surface area contributed by atoms with Gasteiger partial charge in [0.1, 0.15) is 0 Å². The molecule has 1 amide bonds. The minimum atomic E-state index is -3.35. The first-order valence-corrected chi connectivity index (χ1v) is 7.47. The molecule has 0 heterocycles. The third-order valence-corrected chi connectivity index (χ3v) is 2.81. The van der Waals surface area contributed by atoms with Crippen LogP contribution in [0.25, 0.3) is 0 Å². The number of anilines is 1. The van der Waals surface area contributed by atoms with Crippen molar-refractivity contribution >= 4 is 21.6 Å². The molecule has 1 aromatic rings. The van der Waals surface area contributed by atoms with Crippen molar-refractivity contribution in [2.45, 2.75) is 26.8 Å². The summed E-state index contributed by atoms with van der Waals surface area (Å²) >= 11 is 0. The lowest BCUT2D eigenvalue weighted by atomic mass is 10.1. The summed E-state index contributed by atoms with van der Waals surface area (Å²) in [5, 5.41) is 2.75. The van der Waals surface area contributed by atoms with Gasteiger partial charge in [-0.2, -0.15) is 0 Å². The van der Waals surface area contributed by atoms with Crippen LogP contribution in [0.2, 0.25) is 0 Å². The van der Waals surface area contributed by atoms with Crippen LogP contribution in [-0.4, -0.2) is 26.6 Å². The van der Waals surface area contributed by atoms with Crippen molar-refractivity contribution in [3.8, 4) is 0 Å². The van der Waals surface area contributed by atoms with Crippen LogP contribution in [0.5, 0.6) is 0 Å². The fourth-order valence-electron chi connectivity index (χ4n) is 1.42. The van der Waals surface area contributed by atoms with Crippen LogP contribution in [0.15, 0.2) is 18.2 Å². The van der Waals surface area contributed by atoms with Gasteiger partial charge in [-0.1, -0.05) is 6.07 Å². The van der Waals surface area contributed by atoms with Gasteiger partial charge in [-0.25, -0.2) is 8.42 Å². The van der Waals surface area contributed by atoms with Crippen molar-refractivity contribution in [1.29, 1.82) is 0 Å². The lowest BCUT2D eigenvalue weighted by Crippen LogP contribution is -2.30. The number of hydrogen-bond donors (Lipinski definition) is 2. The molecule has 1 rings (SSSR count). The predicted molar refractivity (Wildman–Crippen MR) is 72.2 cm³/mol. The van der Waals surface area contributed by atoms with Gasteiger partial charge >= 0.3 is 0 Å². The Kier molecular flexibility index (Phi) is 4.34. The summed E-state index contributed by atoms with van der Waals surface area (Å²) in [6.07, 6.45) is 1.08. The van der Waals surface area contributed by atoms with Crippen LogP contribution in [0.3, 0.4) is 0 Å². The lowest BCUT2D eigenvalue weighted by Gasteiger charge is -2.12. The molecule has 0 radical (unpaired) electrons. The summed E-state index contributed by atoms with van der Waals surface area (Å²) in [5.41, 5.74) is 1.62. The van der Waals surface area contributed by atoms with E-state index in [0.29, 0.717) is 11.3 Å². The summed E-state index contributed by atoms with van der Waals surface area (Å²) in [7, 11) is -3.35. The number of sulfonamides is 1. The van der Waals surface area contributed by atoms with Crippen molar-refractivity contribution in [2.24, 2.45) is 0 Å². The first kappa shape index (κ1) is 14.5. The second-order valence-electron chi connectivity index (χ2n) is 4.53. The van der Waals surface area contributed by atoms with Gasteiger partial charge in [-0.05, 0) is 38.5 Å². The van der Waals surface area contributed by atoms with E-state index < -0.39 is 10.0 Å². The normalized spacial score (nSPS) is 11.4. The van der Waals surface area contributed by atoms with E-state index in [4.69, 9.17) is 0 Å². The Labute approximate surface area is 108 Å². The molecule has 5 nitrogen and oxygen atoms in total. The molecular weight excluding hydrogens is 252 g/mol. The van der Waals surface area contributed by atoms with Gasteiger partial charge in [0, 0.05) is 11.6 Å². The molecule has 0 atom stereocenters. The highest BCUT2D eigenvalue weighted by Crippen LogP contribution is 2.18. The SMILES string of the molecule is Cc1ccc(C(=O)NC(C)C)cc1NS(C)(=O)=O. The second-order valence-corrected chi connectivity index (χ2v) is 6.28. The molecule has 100 valence electrons. The maximum atomic E-state index is 11.8. The molecule has 0 fully saturated rings. The van der Waals surface area contributed by atoms with Gasteiger partial charge in [-0.15, -0.1) is 0 Å². The van der Waals surface area contributed by atoms with Gasteiger partial charge in [0.2, 0.25) is 10.0 Å². The summed E-state index contributed by atoms with van der Waals surface area (Å²) in [4.78, 5) is 11.8. The van der Waals surface area contributed by atoms with Crippen LogP contribution in [0, 0.1) is 6.92 Å². The number of hydrogen-bond acceptors (Lipinski definition) is 3. The molecule has 0 bridgehead atoms. The zero-order chi connectivity index (χ0) is 13.9. The van der Waals surface area contributed by atoms with Crippen LogP contribution >= 0.6 is 0 Å². The Bertz CT molecular complexity index is 550. The van der Waals surface area contributed by atoms with Crippen molar-refractivity contribution in [3.05, 3.63) is 29.3 Å². The van der Waals surface area contributed by atoms with E-state index in [1.54, 1.807) is 19.1 Å².